The highest BCUT2D eigenvalue weighted by atomic mass is 32.2. The van der Waals surface area contributed by atoms with Crippen molar-refractivity contribution in [3.63, 3.8) is 0 Å². The van der Waals surface area contributed by atoms with E-state index in [1.165, 1.54) is 23.9 Å². The molecule has 0 atom stereocenters. The molecule has 2 aliphatic heterocycles. The summed E-state index contributed by atoms with van der Waals surface area (Å²) in [5.41, 5.74) is 1.60. The summed E-state index contributed by atoms with van der Waals surface area (Å²) in [5, 5.41) is 0.619. The van der Waals surface area contributed by atoms with Gasteiger partial charge in [0.15, 0.2) is 5.17 Å². The van der Waals surface area contributed by atoms with Gasteiger partial charge in [0, 0.05) is 11.3 Å². The fraction of sp³-hybridized carbons (Fsp3) is 0.167. The van der Waals surface area contributed by atoms with E-state index in [9.17, 15) is 18.0 Å². The molecule has 2 aliphatic rings. The molecule has 2 heterocycles. The van der Waals surface area contributed by atoms with Crippen molar-refractivity contribution >= 4 is 34.4 Å². The molecule has 0 aliphatic carbocycles. The van der Waals surface area contributed by atoms with Crippen LogP contribution >= 0.6 is 11.8 Å². The zero-order chi connectivity index (χ0) is 18.3. The third kappa shape index (κ3) is 3.12. The van der Waals surface area contributed by atoms with Crippen LogP contribution < -0.4 is 0 Å². The molecular weight excluding hydrogens is 363 g/mol. The highest BCUT2D eigenvalue weighted by molar-refractivity contribution is 8.13. The molecule has 4 nitrogen and oxygen atoms in total. The van der Waals surface area contributed by atoms with Gasteiger partial charge in [-0.2, -0.15) is 18.2 Å². The number of carbonyl (C=O) groups excluding carboxylic acids is 1. The average Bonchev–Trinajstić information content (AvgIpc) is 3.01. The second kappa shape index (κ2) is 6.28. The van der Waals surface area contributed by atoms with Crippen LogP contribution in [0.3, 0.4) is 0 Å². The van der Waals surface area contributed by atoms with E-state index in [4.69, 9.17) is 0 Å². The Bertz CT molecular complexity index is 935. The molecule has 2 aromatic carbocycles. The Morgan fingerprint density at radius 3 is 2.50 bits per heavy atom. The Balaban J connectivity index is 1.56. The molecule has 0 aromatic heterocycles. The van der Waals surface area contributed by atoms with Gasteiger partial charge < -0.3 is 0 Å². The van der Waals surface area contributed by atoms with Crippen molar-refractivity contribution in [3.8, 4) is 0 Å². The first kappa shape index (κ1) is 16.8. The maximum Gasteiger partial charge on any atom is 0.416 e. The minimum atomic E-state index is -4.34. The van der Waals surface area contributed by atoms with E-state index in [-0.39, 0.29) is 12.5 Å². The van der Waals surface area contributed by atoms with Gasteiger partial charge in [-0.1, -0.05) is 36.0 Å². The number of para-hydroxylation sites is 1. The Morgan fingerprint density at radius 1 is 1.04 bits per heavy atom. The molecule has 0 N–H and O–H groups in total. The first-order chi connectivity index (χ1) is 12.4. The zero-order valence-corrected chi connectivity index (χ0v) is 14.1. The first-order valence-corrected chi connectivity index (χ1v) is 8.76. The number of halogens is 3. The minimum Gasteiger partial charge on any atom is -0.295 e. The van der Waals surface area contributed by atoms with E-state index in [1.54, 1.807) is 4.90 Å². The van der Waals surface area contributed by atoms with Gasteiger partial charge in [0.05, 0.1) is 11.3 Å². The maximum absolute atomic E-state index is 12.6. The molecular formula is C18H12F3N3OS. The number of aliphatic imine (C=N–C) groups is 2. The number of thioether (sulfide) groups is 1. The van der Waals surface area contributed by atoms with Gasteiger partial charge in [0.1, 0.15) is 12.4 Å². The summed E-state index contributed by atoms with van der Waals surface area (Å²) in [6.45, 7) is 0.127. The smallest absolute Gasteiger partial charge is 0.295 e. The topological polar surface area (TPSA) is 45.0 Å². The summed E-state index contributed by atoms with van der Waals surface area (Å²) < 4.78 is 37.9. The average molecular weight is 375 g/mol. The second-order valence-corrected chi connectivity index (χ2v) is 6.75. The molecule has 0 unspecified atom stereocenters. The molecule has 0 saturated heterocycles. The zero-order valence-electron chi connectivity index (χ0n) is 13.3. The van der Waals surface area contributed by atoms with E-state index in [0.29, 0.717) is 16.8 Å². The summed E-state index contributed by atoms with van der Waals surface area (Å²) in [6.07, 6.45) is -4.34. The molecule has 26 heavy (non-hydrogen) atoms. The van der Waals surface area contributed by atoms with Gasteiger partial charge in [-0.3, -0.25) is 9.69 Å². The second-order valence-electron chi connectivity index (χ2n) is 5.81. The van der Waals surface area contributed by atoms with E-state index in [2.05, 4.69) is 9.98 Å². The highest BCUT2D eigenvalue weighted by Crippen LogP contribution is 2.33. The Morgan fingerprint density at radius 2 is 1.77 bits per heavy atom. The molecule has 0 spiro atoms. The number of carbonyl (C=O) groups is 1. The van der Waals surface area contributed by atoms with Gasteiger partial charge in [0.2, 0.25) is 0 Å². The number of amidine groups is 2. The van der Waals surface area contributed by atoms with Gasteiger partial charge >= 0.3 is 6.18 Å². The van der Waals surface area contributed by atoms with E-state index >= 15 is 0 Å². The summed E-state index contributed by atoms with van der Waals surface area (Å²) in [5.74, 6) is 0.784. The van der Waals surface area contributed by atoms with Crippen molar-refractivity contribution in [3.05, 3.63) is 65.2 Å². The molecule has 0 saturated carbocycles. The van der Waals surface area contributed by atoms with Crippen LogP contribution in [0, 0.1) is 0 Å². The van der Waals surface area contributed by atoms with Crippen molar-refractivity contribution in [2.24, 2.45) is 9.98 Å². The van der Waals surface area contributed by atoms with Gasteiger partial charge in [0.25, 0.3) is 5.91 Å². The van der Waals surface area contributed by atoms with Crippen LogP contribution in [0.25, 0.3) is 0 Å². The van der Waals surface area contributed by atoms with Crippen molar-refractivity contribution in [1.29, 1.82) is 0 Å². The predicted octanol–water partition coefficient (Wildman–Crippen LogP) is 4.23. The number of nitrogens with zero attached hydrogens (tertiary/aromatic N) is 3. The summed E-state index contributed by atoms with van der Waals surface area (Å²) in [7, 11) is 0. The number of fused-ring (bicyclic) bond motifs is 3. The summed E-state index contributed by atoms with van der Waals surface area (Å²) >= 11 is 1.37. The van der Waals surface area contributed by atoms with Crippen LogP contribution in [0.5, 0.6) is 0 Å². The lowest BCUT2D eigenvalue weighted by molar-refractivity contribution is -0.137. The van der Waals surface area contributed by atoms with Gasteiger partial charge in [-0.25, -0.2) is 4.99 Å². The lowest BCUT2D eigenvalue weighted by Crippen LogP contribution is -2.35. The lowest BCUT2D eigenvalue weighted by atomic mass is 10.1. The van der Waals surface area contributed by atoms with Gasteiger partial charge in [-0.05, 0) is 29.8 Å². The van der Waals surface area contributed by atoms with E-state index in [1.807, 2.05) is 24.3 Å². The molecule has 2 aromatic rings. The molecule has 1 amide bonds. The van der Waals surface area contributed by atoms with Gasteiger partial charge in [-0.15, -0.1) is 0 Å². The third-order valence-electron chi connectivity index (χ3n) is 4.02. The third-order valence-corrected chi connectivity index (χ3v) is 5.07. The van der Waals surface area contributed by atoms with Crippen molar-refractivity contribution in [2.45, 2.75) is 11.9 Å². The van der Waals surface area contributed by atoms with Crippen LogP contribution in [0.15, 0.2) is 58.5 Å². The summed E-state index contributed by atoms with van der Waals surface area (Å²) in [6, 6.07) is 12.5. The van der Waals surface area contributed by atoms with Crippen molar-refractivity contribution in [1.82, 2.24) is 4.90 Å². The van der Waals surface area contributed by atoms with E-state index < -0.39 is 11.7 Å². The number of rotatable bonds is 2. The SMILES string of the molecule is O=C1CN2C(SCc3ccc(C(F)(F)F)cc3)=Nc3ccccc3C2=N1. The number of alkyl halides is 3. The van der Waals surface area contributed by atoms with Crippen LogP contribution in [-0.4, -0.2) is 28.4 Å². The monoisotopic (exact) mass is 375 g/mol. The fourth-order valence-electron chi connectivity index (χ4n) is 2.76. The normalized spacial score (nSPS) is 16.1. The first-order valence-electron chi connectivity index (χ1n) is 7.78. The van der Waals surface area contributed by atoms with Crippen LogP contribution in [-0.2, 0) is 16.7 Å². The van der Waals surface area contributed by atoms with E-state index in [0.717, 1.165) is 28.9 Å². The van der Waals surface area contributed by atoms with Crippen LogP contribution in [0.4, 0.5) is 18.9 Å². The van der Waals surface area contributed by atoms with Crippen molar-refractivity contribution in [2.75, 3.05) is 6.54 Å². The number of benzene rings is 2. The Labute approximate surface area is 151 Å². The standard InChI is InChI=1S/C18H12F3N3OS/c19-18(20,21)12-7-5-11(6-8-12)10-26-17-22-14-4-2-1-3-13(14)16-23-15(25)9-24(16)17/h1-8H,9-10H2. The summed E-state index contributed by atoms with van der Waals surface area (Å²) in [4.78, 5) is 22.2. The quantitative estimate of drug-likeness (QED) is 0.789. The molecule has 0 bridgehead atoms. The molecule has 8 heteroatoms. The van der Waals surface area contributed by atoms with Crippen LogP contribution in [0.1, 0.15) is 16.7 Å². The fourth-order valence-corrected chi connectivity index (χ4v) is 3.72. The maximum atomic E-state index is 12.6. The highest BCUT2D eigenvalue weighted by Gasteiger charge is 2.33. The van der Waals surface area contributed by atoms with Crippen LogP contribution in [0.2, 0.25) is 0 Å². The number of hydrogen-bond donors (Lipinski definition) is 0. The lowest BCUT2D eigenvalue weighted by Gasteiger charge is -2.26. The molecule has 0 radical (unpaired) electrons. The minimum absolute atomic E-state index is 0.127. The largest absolute Gasteiger partial charge is 0.416 e. The molecule has 4 rings (SSSR count). The Hall–Kier alpha value is -2.61. The number of hydrogen-bond acceptors (Lipinski definition) is 4. The molecule has 132 valence electrons. The van der Waals surface area contributed by atoms with Crippen molar-refractivity contribution < 1.29 is 18.0 Å². The Kier molecular flexibility index (Phi) is 4.07. The predicted molar refractivity (Wildman–Crippen MR) is 94.5 cm³/mol. The molecule has 0 fully saturated rings. The number of amides is 1.